The first-order chi connectivity index (χ1) is 16.4. The average Bonchev–Trinajstić information content (AvgIpc) is 3.39. The molecule has 0 radical (unpaired) electrons. The Bertz CT molecular complexity index is 1290. The van der Waals surface area contributed by atoms with Gasteiger partial charge >= 0.3 is 6.09 Å². The maximum atomic E-state index is 14.0. The first-order valence-electron chi connectivity index (χ1n) is 11.6. The lowest BCUT2D eigenvalue weighted by Gasteiger charge is -2.32. The number of nitrogens with one attached hydrogen (secondary N) is 1. The second kappa shape index (κ2) is 8.56. The molecule has 1 aliphatic carbocycles. The lowest BCUT2D eigenvalue weighted by atomic mass is 9.83. The van der Waals surface area contributed by atoms with Gasteiger partial charge in [-0.05, 0) is 61.6 Å². The van der Waals surface area contributed by atoms with Crippen LogP contribution in [-0.2, 0) is 21.6 Å². The van der Waals surface area contributed by atoms with E-state index in [1.54, 1.807) is 30.3 Å². The summed E-state index contributed by atoms with van der Waals surface area (Å²) in [6.07, 6.45) is 4.57. The minimum Gasteiger partial charge on any atom is -0.424 e. The number of halogens is 1. The molecule has 2 aromatic carbocycles. The van der Waals surface area contributed by atoms with Crippen molar-refractivity contribution in [1.29, 1.82) is 5.26 Å². The number of rotatable bonds is 5. The number of ether oxygens (including phenoxy) is 1. The lowest BCUT2D eigenvalue weighted by Crippen LogP contribution is -2.47. The van der Waals surface area contributed by atoms with Crippen LogP contribution in [0, 0.1) is 23.1 Å². The maximum Gasteiger partial charge on any atom is 0.418 e. The van der Waals surface area contributed by atoms with E-state index < -0.39 is 23.4 Å². The predicted octanol–water partition coefficient (Wildman–Crippen LogP) is 4.96. The second-order valence-corrected chi connectivity index (χ2v) is 9.24. The Kier molecular flexibility index (Phi) is 5.56. The van der Waals surface area contributed by atoms with E-state index in [1.165, 1.54) is 23.5 Å². The Morgan fingerprint density at radius 3 is 2.65 bits per heavy atom. The number of nitriles is 1. The highest BCUT2D eigenvalue weighted by atomic mass is 19.1. The number of cyclic esters (lactones) is 1. The SMILES string of the molecule is C[C@H](C1CCCCC1)N1C(=O)OC(Cc2ccc(F)cc2)(c2nc3cc(C#N)ccc3[nH]2)C1=O. The maximum absolute atomic E-state index is 14.0. The first-order valence-corrected chi connectivity index (χ1v) is 11.6. The summed E-state index contributed by atoms with van der Waals surface area (Å²) in [6.45, 7) is 1.90. The number of aromatic amines is 1. The molecule has 1 N–H and O–H groups in total. The van der Waals surface area contributed by atoms with Crippen LogP contribution in [0.1, 0.15) is 56.0 Å². The van der Waals surface area contributed by atoms with Crippen LogP contribution >= 0.6 is 0 Å². The van der Waals surface area contributed by atoms with Crippen molar-refractivity contribution >= 4 is 23.0 Å². The monoisotopic (exact) mass is 460 g/mol. The van der Waals surface area contributed by atoms with Gasteiger partial charge in [-0.1, -0.05) is 31.4 Å². The van der Waals surface area contributed by atoms with Crippen molar-refractivity contribution in [1.82, 2.24) is 14.9 Å². The van der Waals surface area contributed by atoms with Crippen LogP contribution in [0.15, 0.2) is 42.5 Å². The van der Waals surface area contributed by atoms with Crippen molar-refractivity contribution in [3.63, 3.8) is 0 Å². The molecular weight excluding hydrogens is 435 g/mol. The van der Waals surface area contributed by atoms with E-state index in [1.807, 2.05) is 6.92 Å². The molecule has 2 aliphatic rings. The largest absolute Gasteiger partial charge is 0.424 e. The van der Waals surface area contributed by atoms with Crippen molar-refractivity contribution in [2.75, 3.05) is 0 Å². The van der Waals surface area contributed by atoms with Gasteiger partial charge in [-0.15, -0.1) is 0 Å². The molecule has 8 heteroatoms. The van der Waals surface area contributed by atoms with Gasteiger partial charge in [-0.25, -0.2) is 19.1 Å². The summed E-state index contributed by atoms with van der Waals surface area (Å²) in [5.41, 5.74) is 0.475. The van der Waals surface area contributed by atoms with E-state index in [-0.39, 0.29) is 24.2 Å². The number of imide groups is 1. The van der Waals surface area contributed by atoms with Gasteiger partial charge < -0.3 is 9.72 Å². The fraction of sp³-hybridized carbons (Fsp3) is 0.385. The number of imidazole rings is 1. The minimum absolute atomic E-state index is 0.0106. The number of hydrogen-bond donors (Lipinski definition) is 1. The fourth-order valence-corrected chi connectivity index (χ4v) is 5.20. The number of amides is 2. The average molecular weight is 461 g/mol. The topological polar surface area (TPSA) is 99.1 Å². The molecular formula is C26H25FN4O3. The molecule has 1 aromatic heterocycles. The van der Waals surface area contributed by atoms with E-state index >= 15 is 0 Å². The summed E-state index contributed by atoms with van der Waals surface area (Å²) in [5, 5.41) is 9.23. The molecule has 2 atom stereocenters. The third kappa shape index (κ3) is 3.71. The highest BCUT2D eigenvalue weighted by Crippen LogP contribution is 2.41. The number of H-pyrrole nitrogens is 1. The van der Waals surface area contributed by atoms with Gasteiger partial charge in [0.1, 0.15) is 5.82 Å². The van der Waals surface area contributed by atoms with E-state index in [0.717, 1.165) is 25.7 Å². The Balaban J connectivity index is 1.58. The zero-order valence-corrected chi connectivity index (χ0v) is 18.9. The van der Waals surface area contributed by atoms with Crippen molar-refractivity contribution in [3.05, 3.63) is 65.2 Å². The molecule has 2 fully saturated rings. The number of benzene rings is 2. The smallest absolute Gasteiger partial charge is 0.418 e. The van der Waals surface area contributed by atoms with Gasteiger partial charge in [0.15, 0.2) is 5.82 Å². The van der Waals surface area contributed by atoms with Crippen molar-refractivity contribution in [3.8, 4) is 6.07 Å². The molecule has 34 heavy (non-hydrogen) atoms. The summed E-state index contributed by atoms with van der Waals surface area (Å²) >= 11 is 0. The van der Waals surface area contributed by atoms with E-state index in [4.69, 9.17) is 4.74 Å². The van der Waals surface area contributed by atoms with Crippen LogP contribution in [0.2, 0.25) is 0 Å². The van der Waals surface area contributed by atoms with Crippen LogP contribution < -0.4 is 0 Å². The Morgan fingerprint density at radius 2 is 1.94 bits per heavy atom. The van der Waals surface area contributed by atoms with Gasteiger partial charge in [0.25, 0.3) is 11.5 Å². The zero-order valence-electron chi connectivity index (χ0n) is 18.9. The Hall–Kier alpha value is -3.73. The number of carbonyl (C=O) groups excluding carboxylic acids is 2. The van der Waals surface area contributed by atoms with Gasteiger partial charge in [-0.2, -0.15) is 5.26 Å². The number of aromatic nitrogens is 2. The molecule has 5 rings (SSSR count). The molecule has 0 bridgehead atoms. The Labute approximate surface area is 196 Å². The lowest BCUT2D eigenvalue weighted by molar-refractivity contribution is -0.140. The van der Waals surface area contributed by atoms with Gasteiger partial charge in [-0.3, -0.25) is 4.79 Å². The van der Waals surface area contributed by atoms with E-state index in [0.29, 0.717) is 22.2 Å². The predicted molar refractivity (Wildman–Crippen MR) is 122 cm³/mol. The van der Waals surface area contributed by atoms with Crippen molar-refractivity contribution in [2.45, 2.75) is 57.1 Å². The van der Waals surface area contributed by atoms with Crippen molar-refractivity contribution < 1.29 is 18.7 Å². The summed E-state index contributed by atoms with van der Waals surface area (Å²) in [6, 6.07) is 12.5. The summed E-state index contributed by atoms with van der Waals surface area (Å²) < 4.78 is 19.4. The van der Waals surface area contributed by atoms with Gasteiger partial charge in [0.2, 0.25) is 0 Å². The normalized spacial score (nSPS) is 22.1. The first kappa shape index (κ1) is 22.1. The van der Waals surface area contributed by atoms with Crippen LogP contribution in [-0.4, -0.2) is 32.9 Å². The highest BCUT2D eigenvalue weighted by molar-refractivity contribution is 6.04. The highest BCUT2D eigenvalue weighted by Gasteiger charge is 2.59. The van der Waals surface area contributed by atoms with Gasteiger partial charge in [0, 0.05) is 12.5 Å². The molecule has 2 amide bonds. The van der Waals surface area contributed by atoms with E-state index in [2.05, 4.69) is 16.0 Å². The van der Waals surface area contributed by atoms with Gasteiger partial charge in [0.05, 0.1) is 22.7 Å². The molecule has 1 unspecified atom stereocenters. The molecule has 1 saturated heterocycles. The van der Waals surface area contributed by atoms with Crippen LogP contribution in [0.5, 0.6) is 0 Å². The molecule has 0 spiro atoms. The fourth-order valence-electron chi connectivity index (χ4n) is 5.20. The van der Waals surface area contributed by atoms with Crippen LogP contribution in [0.3, 0.4) is 0 Å². The van der Waals surface area contributed by atoms with E-state index in [9.17, 15) is 19.2 Å². The molecule has 2 heterocycles. The second-order valence-electron chi connectivity index (χ2n) is 9.24. The van der Waals surface area contributed by atoms with Crippen LogP contribution in [0.25, 0.3) is 11.0 Å². The standard InChI is InChI=1S/C26H25FN4O3/c1-16(19-5-3-2-4-6-19)31-24(32)26(34-25(31)33,14-17-7-10-20(27)11-8-17)23-29-21-12-9-18(15-28)13-22(21)30-23/h7-13,16,19H,2-6,14H2,1H3,(H,29,30)/t16-,26?/m1/s1. The summed E-state index contributed by atoms with van der Waals surface area (Å²) in [5.74, 6) is -0.452. The third-order valence-corrected chi connectivity index (χ3v) is 7.12. The zero-order chi connectivity index (χ0) is 23.9. The number of hydrogen-bond acceptors (Lipinski definition) is 5. The molecule has 1 saturated carbocycles. The summed E-state index contributed by atoms with van der Waals surface area (Å²) in [4.78, 5) is 36.1. The molecule has 3 aromatic rings. The number of fused-ring (bicyclic) bond motifs is 1. The minimum atomic E-state index is -1.70. The molecule has 7 nitrogen and oxygen atoms in total. The van der Waals surface area contributed by atoms with Crippen molar-refractivity contribution in [2.24, 2.45) is 5.92 Å². The molecule has 174 valence electrons. The number of nitrogens with zero attached hydrogens (tertiary/aromatic N) is 3. The molecule has 1 aliphatic heterocycles. The quantitative estimate of drug-likeness (QED) is 0.580. The number of carbonyl (C=O) groups is 2. The van der Waals surface area contributed by atoms with Crippen LogP contribution in [0.4, 0.5) is 9.18 Å². The Morgan fingerprint density at radius 1 is 1.21 bits per heavy atom. The third-order valence-electron chi connectivity index (χ3n) is 7.12. The summed E-state index contributed by atoms with van der Waals surface area (Å²) in [7, 11) is 0.